The molecule has 8 amide bonds. The number of sulfonamides is 2. The van der Waals surface area contributed by atoms with Crippen molar-refractivity contribution in [3.63, 3.8) is 0 Å². The summed E-state index contributed by atoms with van der Waals surface area (Å²) in [4.78, 5) is 48.5. The first-order chi connectivity index (χ1) is 25.7. The smallest absolute Gasteiger partial charge is 0.328 e. The lowest BCUT2D eigenvalue weighted by Crippen LogP contribution is -2.40. The van der Waals surface area contributed by atoms with Crippen LogP contribution in [0.1, 0.15) is 36.8 Å². The molecule has 0 saturated heterocycles. The third-order valence-electron chi connectivity index (χ3n) is 7.59. The van der Waals surface area contributed by atoms with E-state index >= 15 is 0 Å². The fraction of sp³-hybridized carbons (Fsp3) is 0.222. The van der Waals surface area contributed by atoms with Crippen LogP contribution in [0.4, 0.5) is 41.9 Å². The van der Waals surface area contributed by atoms with Crippen molar-refractivity contribution in [2.24, 2.45) is 0 Å². The third kappa shape index (κ3) is 13.4. The molecule has 0 unspecified atom stereocenters. The second-order valence-corrected chi connectivity index (χ2v) is 15.4. The minimum atomic E-state index is -4.17. The highest BCUT2D eigenvalue weighted by atomic mass is 32.2. The molecule has 54 heavy (non-hydrogen) atoms. The zero-order valence-corrected chi connectivity index (χ0v) is 31.2. The van der Waals surface area contributed by atoms with Crippen LogP contribution >= 0.6 is 0 Å². The van der Waals surface area contributed by atoms with Crippen molar-refractivity contribution in [3.8, 4) is 0 Å². The number of hydrogen-bond acceptors (Lipinski definition) is 8. The highest BCUT2D eigenvalue weighted by Crippen LogP contribution is 2.17. The second-order valence-electron chi connectivity index (χ2n) is 12.1. The molecule has 0 aliphatic carbocycles. The molecule has 8 N–H and O–H groups in total. The number of urea groups is 4. The van der Waals surface area contributed by atoms with E-state index in [-0.39, 0.29) is 22.9 Å². The SMILES string of the molecule is Cc1ccc(NC(=O)Nc2ccc(S(=O)(=O)NC(=O)NCCCCCCNC(=O)NS(=O)(=O)c3ccc(NC(=O)Nc4ccc(C)cc4)cc3)cc2)cc1. The summed E-state index contributed by atoms with van der Waals surface area (Å²) in [5.74, 6) is 0. The highest BCUT2D eigenvalue weighted by Gasteiger charge is 2.19. The van der Waals surface area contributed by atoms with Crippen LogP contribution in [0.25, 0.3) is 0 Å². The van der Waals surface area contributed by atoms with Gasteiger partial charge in [-0.05, 0) is 99.5 Å². The first-order valence-electron chi connectivity index (χ1n) is 16.8. The molecule has 0 radical (unpaired) electrons. The van der Waals surface area contributed by atoms with Gasteiger partial charge in [0.2, 0.25) is 0 Å². The Bertz CT molecular complexity index is 1970. The van der Waals surface area contributed by atoms with E-state index in [9.17, 15) is 36.0 Å². The maximum absolute atomic E-state index is 12.6. The van der Waals surface area contributed by atoms with E-state index in [1.54, 1.807) is 24.3 Å². The summed E-state index contributed by atoms with van der Waals surface area (Å²) in [7, 11) is -8.33. The zero-order chi connectivity index (χ0) is 39.1. The predicted molar refractivity (Wildman–Crippen MR) is 206 cm³/mol. The second kappa shape index (κ2) is 19.1. The molecule has 0 saturated carbocycles. The number of carbonyl (C=O) groups is 4. The summed E-state index contributed by atoms with van der Waals surface area (Å²) in [6, 6.07) is 22.2. The maximum Gasteiger partial charge on any atom is 0.328 e. The molecule has 286 valence electrons. The minimum absolute atomic E-state index is 0.169. The summed E-state index contributed by atoms with van der Waals surface area (Å²) in [6.07, 6.45) is 2.34. The van der Waals surface area contributed by atoms with Crippen LogP contribution in [0.15, 0.2) is 107 Å². The van der Waals surface area contributed by atoms with E-state index in [0.29, 0.717) is 48.4 Å². The van der Waals surface area contributed by atoms with E-state index in [4.69, 9.17) is 0 Å². The number of unbranched alkanes of at least 4 members (excludes halogenated alkanes) is 3. The lowest BCUT2D eigenvalue weighted by atomic mass is 10.2. The van der Waals surface area contributed by atoms with Gasteiger partial charge in [0.15, 0.2) is 0 Å². The Morgan fingerprint density at radius 3 is 0.981 bits per heavy atom. The first-order valence-corrected chi connectivity index (χ1v) is 19.8. The topological polar surface area (TPSA) is 233 Å². The average Bonchev–Trinajstić information content (AvgIpc) is 3.11. The van der Waals surface area contributed by atoms with Crippen molar-refractivity contribution in [1.82, 2.24) is 20.1 Å². The van der Waals surface area contributed by atoms with Gasteiger partial charge in [0, 0.05) is 35.8 Å². The molecule has 18 heteroatoms. The Hall–Kier alpha value is -6.14. The number of aryl methyl sites for hydroxylation is 2. The van der Waals surface area contributed by atoms with Gasteiger partial charge in [0.25, 0.3) is 20.0 Å². The number of rotatable bonds is 15. The van der Waals surface area contributed by atoms with Gasteiger partial charge in [0.05, 0.1) is 9.79 Å². The van der Waals surface area contributed by atoms with Gasteiger partial charge in [-0.1, -0.05) is 48.2 Å². The molecule has 0 aromatic heterocycles. The highest BCUT2D eigenvalue weighted by molar-refractivity contribution is 7.90. The number of amides is 8. The van der Waals surface area contributed by atoms with Gasteiger partial charge in [-0.25, -0.2) is 45.5 Å². The summed E-state index contributed by atoms with van der Waals surface area (Å²) in [5, 5.41) is 15.5. The van der Waals surface area contributed by atoms with E-state index in [1.807, 2.05) is 47.6 Å². The molecule has 0 aliphatic heterocycles. The fourth-order valence-electron chi connectivity index (χ4n) is 4.74. The zero-order valence-electron chi connectivity index (χ0n) is 29.6. The molecule has 0 spiro atoms. The molecule has 0 fully saturated rings. The molecule has 0 bridgehead atoms. The number of nitrogens with one attached hydrogen (secondary N) is 8. The third-order valence-corrected chi connectivity index (χ3v) is 10.3. The normalized spacial score (nSPS) is 11.1. The van der Waals surface area contributed by atoms with Crippen molar-refractivity contribution in [2.45, 2.75) is 49.3 Å². The van der Waals surface area contributed by atoms with Gasteiger partial charge in [-0.3, -0.25) is 0 Å². The van der Waals surface area contributed by atoms with Gasteiger partial charge in [-0.15, -0.1) is 0 Å². The molecular weight excluding hydrogens is 737 g/mol. The van der Waals surface area contributed by atoms with E-state index in [2.05, 4.69) is 31.9 Å². The molecule has 0 atom stereocenters. The van der Waals surface area contributed by atoms with Crippen molar-refractivity contribution in [3.05, 3.63) is 108 Å². The van der Waals surface area contributed by atoms with Crippen LogP contribution in [0.3, 0.4) is 0 Å². The Labute approximate surface area is 314 Å². The molecule has 0 heterocycles. The summed E-state index contributed by atoms with van der Waals surface area (Å²) >= 11 is 0. The Kier molecular flexibility index (Phi) is 14.4. The number of carbonyl (C=O) groups excluding carboxylic acids is 4. The van der Waals surface area contributed by atoms with Crippen LogP contribution in [-0.4, -0.2) is 54.0 Å². The van der Waals surface area contributed by atoms with Gasteiger partial charge < -0.3 is 31.9 Å². The van der Waals surface area contributed by atoms with Crippen LogP contribution in [0, 0.1) is 13.8 Å². The molecule has 16 nitrogen and oxygen atoms in total. The maximum atomic E-state index is 12.6. The average molecular weight is 779 g/mol. The largest absolute Gasteiger partial charge is 0.337 e. The van der Waals surface area contributed by atoms with Crippen LogP contribution in [0.2, 0.25) is 0 Å². The number of anilines is 4. The lowest BCUT2D eigenvalue weighted by molar-refractivity contribution is 0.244. The summed E-state index contributed by atoms with van der Waals surface area (Å²) in [5.41, 5.74) is 3.98. The Morgan fingerprint density at radius 1 is 0.407 bits per heavy atom. The number of benzene rings is 4. The fourth-order valence-corrected chi connectivity index (χ4v) is 6.59. The minimum Gasteiger partial charge on any atom is -0.337 e. The van der Waals surface area contributed by atoms with Gasteiger partial charge in [0.1, 0.15) is 0 Å². The van der Waals surface area contributed by atoms with E-state index in [0.717, 1.165) is 11.1 Å². The van der Waals surface area contributed by atoms with Crippen molar-refractivity contribution in [1.29, 1.82) is 0 Å². The first kappa shape index (κ1) is 40.6. The van der Waals surface area contributed by atoms with Crippen LogP contribution in [-0.2, 0) is 20.0 Å². The number of hydrogen-bond donors (Lipinski definition) is 8. The van der Waals surface area contributed by atoms with E-state index < -0.39 is 44.2 Å². The van der Waals surface area contributed by atoms with Crippen molar-refractivity contribution >= 4 is 66.9 Å². The molecular formula is C36H42N8O8S2. The molecule has 4 aromatic rings. The molecule has 0 aliphatic rings. The Morgan fingerprint density at radius 2 is 0.685 bits per heavy atom. The van der Waals surface area contributed by atoms with Crippen LogP contribution < -0.4 is 41.3 Å². The predicted octanol–water partition coefficient (Wildman–Crippen LogP) is 5.83. The summed E-state index contributed by atoms with van der Waals surface area (Å²) < 4.78 is 54.4. The molecule has 4 rings (SSSR count). The summed E-state index contributed by atoms with van der Waals surface area (Å²) in [6.45, 7) is 4.24. The van der Waals surface area contributed by atoms with Crippen LogP contribution in [0.5, 0.6) is 0 Å². The van der Waals surface area contributed by atoms with Gasteiger partial charge in [-0.2, -0.15) is 0 Å². The molecule has 4 aromatic carbocycles. The standard InChI is InChI=1S/C36H42N8O8S2/c1-25-7-11-27(12-8-25)39-35(47)41-29-15-19-31(20-16-29)53(49,50)43-33(45)37-23-5-3-4-6-24-38-34(46)44-54(51,52)32-21-17-30(18-22-32)42-36(48)40-28-13-9-26(2)10-14-28/h7-22H,3-6,23-24H2,1-2H3,(H2,37,43,45)(H2,38,44,46)(H2,39,41,47)(H2,40,42,48). The quantitative estimate of drug-likeness (QED) is 0.0683. The Balaban J connectivity index is 1.07. The lowest BCUT2D eigenvalue weighted by Gasteiger charge is -2.11. The monoisotopic (exact) mass is 778 g/mol. The van der Waals surface area contributed by atoms with Crippen molar-refractivity contribution < 1.29 is 36.0 Å². The van der Waals surface area contributed by atoms with Gasteiger partial charge >= 0.3 is 24.1 Å². The van der Waals surface area contributed by atoms with Crippen molar-refractivity contribution in [2.75, 3.05) is 34.4 Å². The van der Waals surface area contributed by atoms with E-state index in [1.165, 1.54) is 48.5 Å².